The Morgan fingerprint density at radius 3 is 2.44 bits per heavy atom. The molecule has 3 aromatic carbocycles. The highest BCUT2D eigenvalue weighted by Crippen LogP contribution is 2.36. The number of aromatic nitrogens is 1. The molecule has 1 fully saturated rings. The summed E-state index contributed by atoms with van der Waals surface area (Å²) < 4.78 is 1.80. The highest BCUT2D eigenvalue weighted by Gasteiger charge is 2.37. The summed E-state index contributed by atoms with van der Waals surface area (Å²) in [5, 5.41) is 4.97. The van der Waals surface area contributed by atoms with Gasteiger partial charge < -0.3 is 14.8 Å². The number of nitrogens with one attached hydrogen (secondary N) is 1. The van der Waals surface area contributed by atoms with Crippen LogP contribution >= 0.6 is 0 Å². The molecule has 2 atom stereocenters. The molecule has 36 heavy (non-hydrogen) atoms. The molecule has 4 aromatic rings. The number of carbonyl (C=O) groups excluding carboxylic acids is 2. The minimum absolute atomic E-state index is 0.0380. The van der Waals surface area contributed by atoms with Crippen LogP contribution in [0.25, 0.3) is 10.8 Å². The minimum Gasteiger partial charge on any atom is -0.338 e. The van der Waals surface area contributed by atoms with Gasteiger partial charge in [-0.3, -0.25) is 14.4 Å². The van der Waals surface area contributed by atoms with Crippen LogP contribution in [0.4, 0.5) is 5.69 Å². The summed E-state index contributed by atoms with van der Waals surface area (Å²) in [5.74, 6) is 0.135. The van der Waals surface area contributed by atoms with Gasteiger partial charge in [0.15, 0.2) is 0 Å². The number of amides is 2. The van der Waals surface area contributed by atoms with Gasteiger partial charge in [0.05, 0.1) is 6.42 Å². The lowest BCUT2D eigenvalue weighted by Crippen LogP contribution is -2.49. The van der Waals surface area contributed by atoms with E-state index in [2.05, 4.69) is 5.32 Å². The monoisotopic (exact) mass is 477 g/mol. The zero-order valence-corrected chi connectivity index (χ0v) is 19.9. The van der Waals surface area contributed by atoms with E-state index in [0.717, 1.165) is 28.5 Å². The van der Waals surface area contributed by atoms with E-state index in [1.165, 1.54) is 0 Å². The molecule has 6 rings (SSSR count). The molecule has 1 N–H and O–H groups in total. The van der Waals surface area contributed by atoms with Crippen molar-refractivity contribution in [3.05, 3.63) is 112 Å². The fourth-order valence-corrected chi connectivity index (χ4v) is 5.69. The Kier molecular flexibility index (Phi) is 5.64. The number of rotatable bonds is 4. The van der Waals surface area contributed by atoms with Crippen molar-refractivity contribution in [1.29, 1.82) is 0 Å². The van der Waals surface area contributed by atoms with E-state index in [1.807, 2.05) is 83.8 Å². The van der Waals surface area contributed by atoms with Crippen molar-refractivity contribution in [2.24, 2.45) is 5.92 Å². The molecule has 6 heteroatoms. The maximum absolute atomic E-state index is 13.4. The summed E-state index contributed by atoms with van der Waals surface area (Å²) in [5.41, 5.74) is 2.68. The molecule has 2 amide bonds. The third-order valence-corrected chi connectivity index (χ3v) is 7.37. The van der Waals surface area contributed by atoms with Gasteiger partial charge in [0, 0.05) is 36.8 Å². The lowest BCUT2D eigenvalue weighted by atomic mass is 9.83. The topological polar surface area (TPSA) is 71.4 Å². The third-order valence-electron chi connectivity index (χ3n) is 7.37. The first-order valence-corrected chi connectivity index (χ1v) is 12.4. The number of benzene rings is 3. The predicted octanol–water partition coefficient (Wildman–Crippen LogP) is 4.44. The van der Waals surface area contributed by atoms with Crippen molar-refractivity contribution in [3.63, 3.8) is 0 Å². The van der Waals surface area contributed by atoms with Crippen molar-refractivity contribution in [3.8, 4) is 0 Å². The zero-order valence-electron chi connectivity index (χ0n) is 19.9. The van der Waals surface area contributed by atoms with Crippen LogP contribution in [-0.4, -0.2) is 34.4 Å². The van der Waals surface area contributed by atoms with Crippen molar-refractivity contribution in [2.75, 3.05) is 18.4 Å². The lowest BCUT2D eigenvalue weighted by Gasteiger charge is -2.43. The molecular weight excluding hydrogens is 450 g/mol. The smallest absolute Gasteiger partial charge is 0.274 e. The van der Waals surface area contributed by atoms with Crippen LogP contribution in [0, 0.1) is 5.92 Å². The van der Waals surface area contributed by atoms with Crippen LogP contribution in [0.5, 0.6) is 0 Å². The van der Waals surface area contributed by atoms with E-state index < -0.39 is 0 Å². The molecule has 1 aromatic heterocycles. The Labute approximate surface area is 209 Å². The summed E-state index contributed by atoms with van der Waals surface area (Å²) in [6, 6.07) is 27.0. The number of hydrogen-bond donors (Lipinski definition) is 1. The molecule has 2 bridgehead atoms. The van der Waals surface area contributed by atoms with Gasteiger partial charge in [-0.25, -0.2) is 0 Å². The highest BCUT2D eigenvalue weighted by atomic mass is 16.2. The van der Waals surface area contributed by atoms with Gasteiger partial charge >= 0.3 is 0 Å². The van der Waals surface area contributed by atoms with E-state index in [-0.39, 0.29) is 35.6 Å². The minimum atomic E-state index is -0.206. The fourth-order valence-electron chi connectivity index (χ4n) is 5.69. The summed E-state index contributed by atoms with van der Waals surface area (Å²) in [7, 11) is 0. The molecule has 2 aliphatic heterocycles. The second-order valence-corrected chi connectivity index (χ2v) is 9.87. The third kappa shape index (κ3) is 4.19. The Hall–Kier alpha value is -4.19. The van der Waals surface area contributed by atoms with Crippen molar-refractivity contribution < 1.29 is 9.59 Å². The quantitative estimate of drug-likeness (QED) is 0.472. The van der Waals surface area contributed by atoms with Crippen molar-refractivity contribution in [2.45, 2.75) is 25.3 Å². The molecule has 0 unspecified atom stereocenters. The number of fused-ring (bicyclic) bond motifs is 5. The second kappa shape index (κ2) is 9.11. The molecule has 6 nitrogen and oxygen atoms in total. The van der Waals surface area contributed by atoms with Crippen LogP contribution in [0.1, 0.15) is 34.0 Å². The van der Waals surface area contributed by atoms with Gasteiger partial charge in [0.2, 0.25) is 5.91 Å². The van der Waals surface area contributed by atoms with Gasteiger partial charge in [-0.15, -0.1) is 0 Å². The first-order chi connectivity index (χ1) is 17.5. The molecule has 180 valence electrons. The SMILES string of the molecule is O=C(Cc1ccccc1)Nc1ccc2n(c1=O)C[C@H]1C[C@@H]2CN(C(=O)c2ccc3ccccc3c2)C1. The Bertz CT molecular complexity index is 1530. The Balaban J connectivity index is 1.20. The average Bonchev–Trinajstić information content (AvgIpc) is 2.90. The number of nitrogens with zero attached hydrogens (tertiary/aromatic N) is 2. The van der Waals surface area contributed by atoms with E-state index in [4.69, 9.17) is 0 Å². The number of likely N-dealkylation sites (tertiary alicyclic amines) is 1. The van der Waals surface area contributed by atoms with E-state index in [1.54, 1.807) is 10.6 Å². The summed E-state index contributed by atoms with van der Waals surface area (Å²) in [6.07, 6.45) is 1.18. The van der Waals surface area contributed by atoms with Gasteiger partial charge in [0.1, 0.15) is 5.69 Å². The molecule has 0 spiro atoms. The number of hydrogen-bond acceptors (Lipinski definition) is 3. The fraction of sp³-hybridized carbons (Fsp3) is 0.233. The van der Waals surface area contributed by atoms with Gasteiger partial charge in [-0.05, 0) is 52.9 Å². The van der Waals surface area contributed by atoms with E-state index >= 15 is 0 Å². The van der Waals surface area contributed by atoms with Crippen LogP contribution < -0.4 is 10.9 Å². The molecule has 0 aliphatic carbocycles. The predicted molar refractivity (Wildman–Crippen MR) is 140 cm³/mol. The number of anilines is 1. The van der Waals surface area contributed by atoms with Crippen molar-refractivity contribution >= 4 is 28.3 Å². The molecular formula is C30H27N3O3. The maximum Gasteiger partial charge on any atom is 0.274 e. The first kappa shape index (κ1) is 22.3. The molecule has 1 saturated heterocycles. The summed E-state index contributed by atoms with van der Waals surface area (Å²) in [4.78, 5) is 41.1. The van der Waals surface area contributed by atoms with Crippen molar-refractivity contribution in [1.82, 2.24) is 9.47 Å². The number of pyridine rings is 1. The molecule has 3 heterocycles. The molecule has 0 saturated carbocycles. The highest BCUT2D eigenvalue weighted by molar-refractivity contribution is 5.98. The van der Waals surface area contributed by atoms with Crippen LogP contribution in [0.3, 0.4) is 0 Å². The number of piperidine rings is 1. The summed E-state index contributed by atoms with van der Waals surface area (Å²) in [6.45, 7) is 1.76. The van der Waals surface area contributed by atoms with Gasteiger partial charge in [0.25, 0.3) is 11.5 Å². The summed E-state index contributed by atoms with van der Waals surface area (Å²) >= 11 is 0. The zero-order chi connectivity index (χ0) is 24.6. The first-order valence-electron chi connectivity index (χ1n) is 12.4. The van der Waals surface area contributed by atoms with E-state index in [9.17, 15) is 14.4 Å². The molecule has 2 aliphatic rings. The largest absolute Gasteiger partial charge is 0.338 e. The number of carbonyl (C=O) groups is 2. The van der Waals surface area contributed by atoms with Gasteiger partial charge in [-0.2, -0.15) is 0 Å². The standard InChI is InChI=1S/C30H27N3O3/c34-28(15-20-6-2-1-3-7-20)31-26-12-13-27-25-14-21(18-33(27)30(26)36)17-32(19-25)29(35)24-11-10-22-8-4-5-9-23(22)16-24/h1-13,16,21,25H,14-15,17-19H2,(H,31,34)/t21-,25+/m0/s1. The van der Waals surface area contributed by atoms with Crippen LogP contribution in [0.15, 0.2) is 89.7 Å². The molecule has 0 radical (unpaired) electrons. The van der Waals surface area contributed by atoms with Crippen LogP contribution in [0.2, 0.25) is 0 Å². The van der Waals surface area contributed by atoms with Gasteiger partial charge in [-0.1, -0.05) is 60.7 Å². The lowest BCUT2D eigenvalue weighted by molar-refractivity contribution is -0.115. The Morgan fingerprint density at radius 2 is 1.61 bits per heavy atom. The Morgan fingerprint density at radius 1 is 0.833 bits per heavy atom. The average molecular weight is 478 g/mol. The van der Waals surface area contributed by atoms with Crippen LogP contribution in [-0.2, 0) is 17.8 Å². The second-order valence-electron chi connectivity index (χ2n) is 9.87. The van der Waals surface area contributed by atoms with E-state index in [0.29, 0.717) is 30.9 Å². The maximum atomic E-state index is 13.4. The normalized spacial score (nSPS) is 18.5.